The summed E-state index contributed by atoms with van der Waals surface area (Å²) in [6, 6.07) is 6.26. The summed E-state index contributed by atoms with van der Waals surface area (Å²) in [6.45, 7) is 5.49. The lowest BCUT2D eigenvalue weighted by Crippen LogP contribution is -2.49. The van der Waals surface area contributed by atoms with Crippen molar-refractivity contribution >= 4 is 23.1 Å². The quantitative estimate of drug-likeness (QED) is 0.671. The van der Waals surface area contributed by atoms with E-state index in [1.54, 1.807) is 4.90 Å². The van der Waals surface area contributed by atoms with Crippen LogP contribution in [0.5, 0.6) is 0 Å². The van der Waals surface area contributed by atoms with Gasteiger partial charge in [0.15, 0.2) is 5.69 Å². The molecule has 0 saturated heterocycles. The zero-order valence-electron chi connectivity index (χ0n) is 19.7. The van der Waals surface area contributed by atoms with E-state index in [1.807, 2.05) is 6.92 Å². The van der Waals surface area contributed by atoms with Gasteiger partial charge in [-0.05, 0) is 50.7 Å². The summed E-state index contributed by atoms with van der Waals surface area (Å²) < 4.78 is 1.40. The number of aryl methyl sites for hydroxylation is 2. The standard InChI is InChI=1S/C25H35N5O3/c1-3-4-14-29-23(26)22(24(32)27-25(29)33)30(19-9-5-6-10-19)21(31)16-28-13-7-8-18-15-17(2)11-12-20(18)28/h11-12,15,19H,3-10,13-14,16,26H2,1-2H3,(H,27,32,33). The van der Waals surface area contributed by atoms with Gasteiger partial charge >= 0.3 is 5.69 Å². The number of aromatic amines is 1. The molecular formula is C25H35N5O3. The number of unbranched alkanes of at least 4 members (excludes halogenated alkanes) is 1. The first-order valence-corrected chi connectivity index (χ1v) is 12.2. The van der Waals surface area contributed by atoms with Crippen LogP contribution in [0.4, 0.5) is 17.2 Å². The van der Waals surface area contributed by atoms with Gasteiger partial charge in [0, 0.05) is 24.8 Å². The number of nitrogen functional groups attached to an aromatic ring is 1. The predicted octanol–water partition coefficient (Wildman–Crippen LogP) is 2.96. The van der Waals surface area contributed by atoms with E-state index in [0.29, 0.717) is 6.54 Å². The summed E-state index contributed by atoms with van der Waals surface area (Å²) in [5.74, 6) is -0.0552. The molecule has 0 spiro atoms. The average Bonchev–Trinajstić information content (AvgIpc) is 3.30. The van der Waals surface area contributed by atoms with Crippen molar-refractivity contribution in [2.75, 3.05) is 28.6 Å². The molecule has 0 unspecified atom stereocenters. The molecule has 3 N–H and O–H groups in total. The van der Waals surface area contributed by atoms with E-state index in [0.717, 1.165) is 63.6 Å². The summed E-state index contributed by atoms with van der Waals surface area (Å²) >= 11 is 0. The number of carbonyl (C=O) groups excluding carboxylic acids is 1. The van der Waals surface area contributed by atoms with Crippen LogP contribution >= 0.6 is 0 Å². The monoisotopic (exact) mass is 453 g/mol. The molecule has 0 bridgehead atoms. The molecule has 8 nitrogen and oxygen atoms in total. The number of nitrogens with one attached hydrogen (secondary N) is 1. The van der Waals surface area contributed by atoms with Crippen molar-refractivity contribution in [1.82, 2.24) is 9.55 Å². The third kappa shape index (κ3) is 4.70. The predicted molar refractivity (Wildman–Crippen MR) is 132 cm³/mol. The number of carbonyl (C=O) groups is 1. The topological polar surface area (TPSA) is 104 Å². The first-order valence-electron chi connectivity index (χ1n) is 12.2. The number of rotatable bonds is 7. The average molecular weight is 454 g/mol. The fourth-order valence-corrected chi connectivity index (χ4v) is 5.23. The minimum absolute atomic E-state index is 0.0831. The Labute approximate surface area is 194 Å². The Bertz CT molecular complexity index is 1130. The zero-order chi connectivity index (χ0) is 23.5. The molecule has 1 aromatic carbocycles. The summed E-state index contributed by atoms with van der Waals surface area (Å²) in [7, 11) is 0. The molecule has 8 heteroatoms. The lowest BCUT2D eigenvalue weighted by atomic mass is 9.99. The van der Waals surface area contributed by atoms with Gasteiger partial charge in [0.2, 0.25) is 5.91 Å². The second-order valence-electron chi connectivity index (χ2n) is 9.36. The SMILES string of the molecule is CCCCn1c(N)c(N(C(=O)CN2CCCc3cc(C)ccc32)C2CCCC2)c(=O)[nH]c1=O. The Morgan fingerprint density at radius 3 is 2.70 bits per heavy atom. The molecule has 2 aromatic rings. The van der Waals surface area contributed by atoms with E-state index < -0.39 is 11.2 Å². The number of anilines is 3. The van der Waals surface area contributed by atoms with Crippen molar-refractivity contribution in [3.05, 3.63) is 50.2 Å². The Morgan fingerprint density at radius 1 is 1.21 bits per heavy atom. The lowest BCUT2D eigenvalue weighted by molar-refractivity contribution is -0.117. The van der Waals surface area contributed by atoms with Crippen molar-refractivity contribution in [1.29, 1.82) is 0 Å². The van der Waals surface area contributed by atoms with Crippen LogP contribution in [0.1, 0.15) is 63.0 Å². The van der Waals surface area contributed by atoms with Gasteiger partial charge in [0.1, 0.15) is 5.82 Å². The van der Waals surface area contributed by atoms with E-state index in [9.17, 15) is 14.4 Å². The van der Waals surface area contributed by atoms with Crippen molar-refractivity contribution < 1.29 is 4.79 Å². The van der Waals surface area contributed by atoms with E-state index in [-0.39, 0.29) is 30.0 Å². The highest BCUT2D eigenvalue weighted by molar-refractivity contribution is 5.99. The number of aromatic nitrogens is 2. The van der Waals surface area contributed by atoms with E-state index in [2.05, 4.69) is 35.0 Å². The van der Waals surface area contributed by atoms with Gasteiger partial charge in [0.05, 0.1) is 6.54 Å². The number of hydrogen-bond acceptors (Lipinski definition) is 5. The first-order chi connectivity index (χ1) is 15.9. The van der Waals surface area contributed by atoms with E-state index >= 15 is 0 Å². The Morgan fingerprint density at radius 2 is 1.97 bits per heavy atom. The lowest BCUT2D eigenvalue weighted by Gasteiger charge is -2.35. The number of hydrogen-bond donors (Lipinski definition) is 2. The molecule has 1 aliphatic heterocycles. The summed E-state index contributed by atoms with van der Waals surface area (Å²) in [4.78, 5) is 45.3. The number of nitrogens with zero attached hydrogens (tertiary/aromatic N) is 3. The molecule has 33 heavy (non-hydrogen) atoms. The van der Waals surface area contributed by atoms with Crippen molar-refractivity contribution in [2.24, 2.45) is 0 Å². The normalized spacial score (nSPS) is 16.1. The fraction of sp³-hybridized carbons (Fsp3) is 0.560. The molecule has 1 aliphatic carbocycles. The van der Waals surface area contributed by atoms with Crippen LogP contribution in [-0.2, 0) is 17.8 Å². The smallest absolute Gasteiger partial charge is 0.330 e. The summed E-state index contributed by atoms with van der Waals surface area (Å²) in [5, 5.41) is 0. The number of fused-ring (bicyclic) bond motifs is 1. The molecule has 0 atom stereocenters. The highest BCUT2D eigenvalue weighted by Gasteiger charge is 2.34. The molecule has 4 rings (SSSR count). The molecule has 2 aliphatic rings. The van der Waals surface area contributed by atoms with Gasteiger partial charge in [0.25, 0.3) is 5.56 Å². The van der Waals surface area contributed by atoms with Crippen molar-refractivity contribution in [2.45, 2.75) is 77.8 Å². The summed E-state index contributed by atoms with van der Waals surface area (Å²) in [5.41, 5.74) is 8.97. The second kappa shape index (κ2) is 9.85. The van der Waals surface area contributed by atoms with Crippen LogP contribution in [0.2, 0.25) is 0 Å². The van der Waals surface area contributed by atoms with Gasteiger partial charge in [-0.1, -0.05) is 43.9 Å². The Balaban J connectivity index is 1.71. The number of nitrogens with two attached hydrogens (primary N) is 1. The minimum atomic E-state index is -0.583. The molecule has 1 saturated carbocycles. The maximum atomic E-state index is 13.8. The van der Waals surface area contributed by atoms with Gasteiger partial charge in [-0.3, -0.25) is 24.0 Å². The van der Waals surface area contributed by atoms with Crippen molar-refractivity contribution in [3.63, 3.8) is 0 Å². The highest BCUT2D eigenvalue weighted by atomic mass is 16.2. The third-order valence-electron chi connectivity index (χ3n) is 6.92. The molecule has 1 amide bonds. The highest BCUT2D eigenvalue weighted by Crippen LogP contribution is 2.31. The second-order valence-corrected chi connectivity index (χ2v) is 9.36. The van der Waals surface area contributed by atoms with Gasteiger partial charge in [-0.25, -0.2) is 4.79 Å². The van der Waals surface area contributed by atoms with Crippen LogP contribution in [0.15, 0.2) is 27.8 Å². The molecule has 0 radical (unpaired) electrons. The van der Waals surface area contributed by atoms with E-state index in [1.165, 1.54) is 15.7 Å². The maximum Gasteiger partial charge on any atom is 0.330 e. The summed E-state index contributed by atoms with van der Waals surface area (Å²) in [6.07, 6.45) is 7.31. The van der Waals surface area contributed by atoms with Gasteiger partial charge in [-0.2, -0.15) is 0 Å². The number of benzene rings is 1. The Hall–Kier alpha value is -3.03. The van der Waals surface area contributed by atoms with Crippen LogP contribution in [0, 0.1) is 6.92 Å². The molecular weight excluding hydrogens is 418 g/mol. The molecule has 2 heterocycles. The number of amides is 1. The fourth-order valence-electron chi connectivity index (χ4n) is 5.23. The molecule has 178 valence electrons. The number of H-pyrrole nitrogens is 1. The van der Waals surface area contributed by atoms with E-state index in [4.69, 9.17) is 5.73 Å². The zero-order valence-corrected chi connectivity index (χ0v) is 19.7. The molecule has 1 aromatic heterocycles. The van der Waals surface area contributed by atoms with Crippen molar-refractivity contribution in [3.8, 4) is 0 Å². The van der Waals surface area contributed by atoms with Crippen LogP contribution in [0.25, 0.3) is 0 Å². The largest absolute Gasteiger partial charge is 0.383 e. The minimum Gasteiger partial charge on any atom is -0.383 e. The van der Waals surface area contributed by atoms with Crippen LogP contribution in [-0.4, -0.2) is 34.6 Å². The third-order valence-corrected chi connectivity index (χ3v) is 6.92. The van der Waals surface area contributed by atoms with Gasteiger partial charge in [-0.15, -0.1) is 0 Å². The van der Waals surface area contributed by atoms with Crippen LogP contribution in [0.3, 0.4) is 0 Å². The van der Waals surface area contributed by atoms with Crippen LogP contribution < -0.4 is 26.8 Å². The Kier molecular flexibility index (Phi) is 6.91. The maximum absolute atomic E-state index is 13.8. The first kappa shape index (κ1) is 23.1. The molecule has 1 fully saturated rings. The van der Waals surface area contributed by atoms with Gasteiger partial charge < -0.3 is 10.6 Å².